The van der Waals surface area contributed by atoms with Gasteiger partial charge in [0, 0.05) is 16.5 Å². The summed E-state index contributed by atoms with van der Waals surface area (Å²) in [6.07, 6.45) is 5.16. The molecule has 0 aromatic heterocycles. The van der Waals surface area contributed by atoms with Gasteiger partial charge in [0.1, 0.15) is 5.70 Å². The topological polar surface area (TPSA) is 41.8 Å². The molecule has 1 aromatic carbocycles. The van der Waals surface area contributed by atoms with E-state index in [0.29, 0.717) is 16.3 Å². The first kappa shape index (κ1) is 19.8. The molecule has 24 heavy (non-hydrogen) atoms. The van der Waals surface area contributed by atoms with Gasteiger partial charge in [-0.3, -0.25) is 4.79 Å². The molecule has 1 rings (SSSR count). The molecule has 0 radical (unpaired) electrons. The van der Waals surface area contributed by atoms with E-state index >= 15 is 0 Å². The lowest BCUT2D eigenvalue weighted by Gasteiger charge is -2.09. The van der Waals surface area contributed by atoms with Crippen molar-refractivity contribution in [2.75, 3.05) is 0 Å². The van der Waals surface area contributed by atoms with Crippen LogP contribution < -0.4 is 0 Å². The summed E-state index contributed by atoms with van der Waals surface area (Å²) in [5.74, 6) is -0.295. The van der Waals surface area contributed by atoms with Gasteiger partial charge in [-0.25, -0.2) is 0 Å². The molecule has 0 spiro atoms. The minimum absolute atomic E-state index is 0.0925. The van der Waals surface area contributed by atoms with Crippen LogP contribution in [0.15, 0.2) is 76.7 Å². The molecule has 4 heteroatoms. The van der Waals surface area contributed by atoms with E-state index in [1.807, 2.05) is 33.8 Å². The molecule has 3 nitrogen and oxygen atoms in total. The molecule has 0 unspecified atom stereocenters. The molecular weight excluding hydrogens is 320 g/mol. The van der Waals surface area contributed by atoms with E-state index in [1.165, 1.54) is 0 Å². The van der Waals surface area contributed by atoms with Crippen LogP contribution in [0.5, 0.6) is 0 Å². The van der Waals surface area contributed by atoms with Crippen LogP contribution in [0.25, 0.3) is 0 Å². The third-order valence-corrected chi connectivity index (χ3v) is 3.54. The van der Waals surface area contributed by atoms with Gasteiger partial charge in [-0.1, -0.05) is 62.9 Å². The number of rotatable bonds is 7. The van der Waals surface area contributed by atoms with Crippen LogP contribution in [0.2, 0.25) is 5.02 Å². The van der Waals surface area contributed by atoms with Crippen molar-refractivity contribution in [2.24, 2.45) is 16.1 Å². The first-order valence-corrected chi connectivity index (χ1v) is 8.07. The Kier molecular flexibility index (Phi) is 7.53. The SMILES string of the molecule is C=C/C=C\C(C(=C)C)=C(/N=Nc1cc(Cl)ccc1C)C(=O)C(C)C. The van der Waals surface area contributed by atoms with Crippen LogP contribution in [0.1, 0.15) is 26.3 Å². The summed E-state index contributed by atoms with van der Waals surface area (Å²) >= 11 is 6.01. The molecule has 1 aromatic rings. The molecule has 0 aliphatic carbocycles. The zero-order valence-electron chi connectivity index (χ0n) is 14.6. The highest BCUT2D eigenvalue weighted by Crippen LogP contribution is 2.26. The van der Waals surface area contributed by atoms with E-state index in [-0.39, 0.29) is 17.4 Å². The van der Waals surface area contributed by atoms with Crippen molar-refractivity contribution >= 4 is 23.1 Å². The Morgan fingerprint density at radius 1 is 1.33 bits per heavy atom. The fourth-order valence-electron chi connectivity index (χ4n) is 1.89. The molecular formula is C20H23ClN2O. The fraction of sp³-hybridized carbons (Fsp3) is 0.250. The van der Waals surface area contributed by atoms with Gasteiger partial charge in [-0.15, -0.1) is 5.11 Å². The maximum Gasteiger partial charge on any atom is 0.186 e. The van der Waals surface area contributed by atoms with Gasteiger partial charge in [0.15, 0.2) is 5.78 Å². The molecule has 0 saturated heterocycles. The third kappa shape index (κ3) is 5.43. The lowest BCUT2D eigenvalue weighted by atomic mass is 9.98. The van der Waals surface area contributed by atoms with Crippen LogP contribution in [0, 0.1) is 12.8 Å². The van der Waals surface area contributed by atoms with E-state index in [1.54, 1.807) is 30.4 Å². The molecule has 0 amide bonds. The summed E-state index contributed by atoms with van der Waals surface area (Å²) in [6, 6.07) is 5.37. The second kappa shape index (κ2) is 9.14. The molecule has 0 bridgehead atoms. The molecule has 0 saturated carbocycles. The normalized spacial score (nSPS) is 12.8. The summed E-state index contributed by atoms with van der Waals surface area (Å²) < 4.78 is 0. The number of aryl methyl sites for hydroxylation is 1. The van der Waals surface area contributed by atoms with Crippen molar-refractivity contribution in [1.82, 2.24) is 0 Å². The lowest BCUT2D eigenvalue weighted by molar-refractivity contribution is -0.118. The zero-order chi connectivity index (χ0) is 18.3. The number of carbonyl (C=O) groups excluding carboxylic acids is 1. The Hall–Kier alpha value is -2.26. The number of Topliss-reactive ketones (excluding diaryl/α,β-unsaturated/α-hetero) is 1. The van der Waals surface area contributed by atoms with E-state index in [4.69, 9.17) is 11.6 Å². The van der Waals surface area contributed by atoms with Gasteiger partial charge >= 0.3 is 0 Å². The largest absolute Gasteiger partial charge is 0.292 e. The van der Waals surface area contributed by atoms with Gasteiger partial charge in [0.05, 0.1) is 5.69 Å². The van der Waals surface area contributed by atoms with Crippen molar-refractivity contribution in [3.8, 4) is 0 Å². The van der Waals surface area contributed by atoms with E-state index < -0.39 is 0 Å². The first-order chi connectivity index (χ1) is 11.3. The van der Waals surface area contributed by atoms with Crippen LogP contribution in [-0.2, 0) is 4.79 Å². The summed E-state index contributed by atoms with van der Waals surface area (Å²) in [5.41, 5.74) is 3.23. The highest BCUT2D eigenvalue weighted by atomic mass is 35.5. The molecule has 0 aliphatic heterocycles. The predicted octanol–water partition coefficient (Wildman–Crippen LogP) is 6.53. The maximum atomic E-state index is 12.6. The van der Waals surface area contributed by atoms with Gasteiger partial charge in [0.2, 0.25) is 0 Å². The average Bonchev–Trinajstić information content (AvgIpc) is 2.52. The number of benzene rings is 1. The number of hydrogen-bond donors (Lipinski definition) is 0. The summed E-state index contributed by atoms with van der Waals surface area (Å²) in [4.78, 5) is 12.6. The Morgan fingerprint density at radius 2 is 2.00 bits per heavy atom. The predicted molar refractivity (Wildman–Crippen MR) is 102 cm³/mol. The van der Waals surface area contributed by atoms with Gasteiger partial charge in [-0.2, -0.15) is 5.11 Å². The van der Waals surface area contributed by atoms with Crippen molar-refractivity contribution < 1.29 is 4.79 Å². The number of hydrogen-bond acceptors (Lipinski definition) is 3. The smallest absolute Gasteiger partial charge is 0.186 e. The Balaban J connectivity index is 3.48. The van der Waals surface area contributed by atoms with Crippen molar-refractivity contribution in [1.29, 1.82) is 0 Å². The van der Waals surface area contributed by atoms with Crippen LogP contribution in [0.4, 0.5) is 5.69 Å². The molecule has 126 valence electrons. The van der Waals surface area contributed by atoms with Gasteiger partial charge < -0.3 is 0 Å². The highest BCUT2D eigenvalue weighted by Gasteiger charge is 2.18. The average molecular weight is 343 g/mol. The Labute approximate surface area is 149 Å². The number of carbonyl (C=O) groups is 1. The number of azo groups is 1. The minimum Gasteiger partial charge on any atom is -0.292 e. The second-order valence-corrected chi connectivity index (χ2v) is 6.22. The second-order valence-electron chi connectivity index (χ2n) is 5.79. The number of nitrogens with zero attached hydrogens (tertiary/aromatic N) is 2. The molecule has 0 atom stereocenters. The van der Waals surface area contributed by atoms with Crippen LogP contribution >= 0.6 is 11.6 Å². The number of allylic oxidation sites excluding steroid dienone is 6. The Bertz CT molecular complexity index is 740. The number of halogens is 1. The Morgan fingerprint density at radius 3 is 2.54 bits per heavy atom. The molecule has 0 N–H and O–H groups in total. The number of ketones is 1. The van der Waals surface area contributed by atoms with Crippen molar-refractivity contribution in [3.63, 3.8) is 0 Å². The summed E-state index contributed by atoms with van der Waals surface area (Å²) in [5, 5.41) is 9.06. The van der Waals surface area contributed by atoms with E-state index in [9.17, 15) is 4.79 Å². The quantitative estimate of drug-likeness (QED) is 0.315. The molecule has 0 heterocycles. The molecule has 0 aliphatic rings. The van der Waals surface area contributed by atoms with Crippen molar-refractivity contribution in [3.05, 3.63) is 77.0 Å². The lowest BCUT2D eigenvalue weighted by Crippen LogP contribution is -2.11. The maximum absolute atomic E-state index is 12.6. The van der Waals surface area contributed by atoms with E-state index in [0.717, 1.165) is 11.1 Å². The molecule has 0 fully saturated rings. The summed E-state index contributed by atoms with van der Waals surface area (Å²) in [6.45, 7) is 15.0. The minimum atomic E-state index is -0.203. The fourth-order valence-corrected chi connectivity index (χ4v) is 2.06. The third-order valence-electron chi connectivity index (χ3n) is 3.30. The summed E-state index contributed by atoms with van der Waals surface area (Å²) in [7, 11) is 0. The van der Waals surface area contributed by atoms with Gasteiger partial charge in [-0.05, 0) is 37.1 Å². The standard InChI is InChI=1S/C20H23ClN2O/c1-7-8-9-17(13(2)3)19(20(24)14(4)5)23-22-18-12-16(21)11-10-15(18)6/h7-12,14H,1-2H2,3-6H3/b9-8-,19-17+,23-22?. The highest BCUT2D eigenvalue weighted by molar-refractivity contribution is 6.30. The first-order valence-electron chi connectivity index (χ1n) is 7.69. The zero-order valence-corrected chi connectivity index (χ0v) is 15.4. The monoisotopic (exact) mass is 342 g/mol. The van der Waals surface area contributed by atoms with E-state index in [2.05, 4.69) is 23.4 Å². The van der Waals surface area contributed by atoms with Crippen molar-refractivity contribution in [2.45, 2.75) is 27.7 Å². The van der Waals surface area contributed by atoms with Crippen LogP contribution in [0.3, 0.4) is 0 Å². The van der Waals surface area contributed by atoms with Crippen LogP contribution in [-0.4, -0.2) is 5.78 Å². The van der Waals surface area contributed by atoms with Gasteiger partial charge in [0.25, 0.3) is 0 Å².